The number of aromatic nitrogens is 1. The summed E-state index contributed by atoms with van der Waals surface area (Å²) in [6.45, 7) is 4.79. The van der Waals surface area contributed by atoms with Crippen molar-refractivity contribution in [3.63, 3.8) is 0 Å². The maximum Gasteiger partial charge on any atom is 0.171 e. The van der Waals surface area contributed by atoms with Crippen LogP contribution >= 0.6 is 0 Å². The average molecular weight is 224 g/mol. The number of aliphatic hydroxyl groups is 1. The second-order valence-corrected chi connectivity index (χ2v) is 4.61. The van der Waals surface area contributed by atoms with Crippen LogP contribution in [0, 0.1) is 11.7 Å². The molecule has 0 amide bonds. The van der Waals surface area contributed by atoms with Gasteiger partial charge in [-0.3, -0.25) is 0 Å². The summed E-state index contributed by atoms with van der Waals surface area (Å²) in [6, 6.07) is 1.83. The van der Waals surface area contributed by atoms with E-state index in [1.807, 2.05) is 4.90 Å². The van der Waals surface area contributed by atoms with E-state index in [0.29, 0.717) is 23.3 Å². The van der Waals surface area contributed by atoms with Gasteiger partial charge < -0.3 is 10.0 Å². The molecule has 16 heavy (non-hydrogen) atoms. The van der Waals surface area contributed by atoms with Gasteiger partial charge in [0.15, 0.2) is 11.6 Å². The molecule has 1 aliphatic heterocycles. The quantitative estimate of drug-likeness (QED) is 0.834. The summed E-state index contributed by atoms with van der Waals surface area (Å²) in [4.78, 5) is 6.08. The second kappa shape index (κ2) is 4.37. The van der Waals surface area contributed by atoms with Crippen LogP contribution in [0.5, 0.6) is 0 Å². The van der Waals surface area contributed by atoms with E-state index in [4.69, 9.17) is 5.11 Å². The topological polar surface area (TPSA) is 36.4 Å². The van der Waals surface area contributed by atoms with Crippen molar-refractivity contribution in [1.29, 1.82) is 0 Å². The standard InChI is InChI=1S/C12H17FN2O/c1-8-5-9(2)15(6-8)12-11(13)10(7-16)3-4-14-12/h3-4,8-9,16H,5-7H2,1-2H3. The van der Waals surface area contributed by atoms with E-state index in [2.05, 4.69) is 18.8 Å². The predicted molar refractivity (Wildman–Crippen MR) is 60.7 cm³/mol. The predicted octanol–water partition coefficient (Wildman–Crippen LogP) is 1.95. The maximum atomic E-state index is 14.0. The summed E-state index contributed by atoms with van der Waals surface area (Å²) < 4.78 is 14.0. The van der Waals surface area contributed by atoms with Crippen LogP contribution in [0.1, 0.15) is 25.8 Å². The molecule has 2 rings (SSSR count). The molecule has 0 bridgehead atoms. The highest BCUT2D eigenvalue weighted by atomic mass is 19.1. The van der Waals surface area contributed by atoms with Gasteiger partial charge >= 0.3 is 0 Å². The number of halogens is 1. The normalized spacial score (nSPS) is 25.1. The molecule has 1 N–H and O–H groups in total. The van der Waals surface area contributed by atoms with E-state index in [1.165, 1.54) is 6.07 Å². The Bertz CT molecular complexity index is 383. The molecular weight excluding hydrogens is 207 g/mol. The molecule has 2 unspecified atom stereocenters. The molecule has 1 saturated heterocycles. The fraction of sp³-hybridized carbons (Fsp3) is 0.583. The molecule has 0 radical (unpaired) electrons. The van der Waals surface area contributed by atoms with Crippen LogP contribution in [0.2, 0.25) is 0 Å². The van der Waals surface area contributed by atoms with Gasteiger partial charge in [-0.2, -0.15) is 0 Å². The van der Waals surface area contributed by atoms with Crippen molar-refractivity contribution in [1.82, 2.24) is 4.98 Å². The Morgan fingerprint density at radius 3 is 2.88 bits per heavy atom. The molecule has 88 valence electrons. The number of anilines is 1. The largest absolute Gasteiger partial charge is 0.392 e. The molecule has 1 aliphatic rings. The lowest BCUT2D eigenvalue weighted by molar-refractivity contribution is 0.275. The third-order valence-electron chi connectivity index (χ3n) is 3.18. The summed E-state index contributed by atoms with van der Waals surface area (Å²) in [6.07, 6.45) is 2.62. The van der Waals surface area contributed by atoms with Crippen LogP contribution in [-0.2, 0) is 6.61 Å². The van der Waals surface area contributed by atoms with Crippen molar-refractivity contribution in [2.24, 2.45) is 5.92 Å². The Morgan fingerprint density at radius 1 is 1.56 bits per heavy atom. The zero-order valence-corrected chi connectivity index (χ0v) is 9.65. The molecule has 3 nitrogen and oxygen atoms in total. The van der Waals surface area contributed by atoms with E-state index in [9.17, 15) is 4.39 Å². The lowest BCUT2D eigenvalue weighted by atomic mass is 10.1. The molecule has 1 fully saturated rings. The highest BCUT2D eigenvalue weighted by molar-refractivity contribution is 5.45. The smallest absolute Gasteiger partial charge is 0.171 e. The van der Waals surface area contributed by atoms with Crippen LogP contribution in [0.15, 0.2) is 12.3 Å². The molecular formula is C12H17FN2O. The first kappa shape index (κ1) is 11.3. The molecule has 0 saturated carbocycles. The number of nitrogens with zero attached hydrogens (tertiary/aromatic N) is 2. The van der Waals surface area contributed by atoms with Gasteiger partial charge in [0.2, 0.25) is 0 Å². The summed E-state index contributed by atoms with van der Waals surface area (Å²) >= 11 is 0. The van der Waals surface area contributed by atoms with Crippen molar-refractivity contribution in [3.8, 4) is 0 Å². The zero-order valence-electron chi connectivity index (χ0n) is 9.65. The van der Waals surface area contributed by atoms with Gasteiger partial charge in [-0.15, -0.1) is 0 Å². The Labute approximate surface area is 94.9 Å². The SMILES string of the molecule is CC1CC(C)N(c2nccc(CO)c2F)C1. The van der Waals surface area contributed by atoms with E-state index >= 15 is 0 Å². The molecule has 1 aromatic rings. The van der Waals surface area contributed by atoms with Crippen LogP contribution in [0.3, 0.4) is 0 Å². The van der Waals surface area contributed by atoms with Gasteiger partial charge in [0, 0.05) is 24.3 Å². The zero-order chi connectivity index (χ0) is 11.7. The minimum Gasteiger partial charge on any atom is -0.392 e. The Balaban J connectivity index is 2.33. The molecule has 0 aliphatic carbocycles. The van der Waals surface area contributed by atoms with E-state index in [0.717, 1.165) is 13.0 Å². The van der Waals surface area contributed by atoms with Gasteiger partial charge in [-0.05, 0) is 25.3 Å². The lowest BCUT2D eigenvalue weighted by Crippen LogP contribution is -2.28. The summed E-state index contributed by atoms with van der Waals surface area (Å²) in [5, 5.41) is 9.02. The minimum absolute atomic E-state index is 0.279. The van der Waals surface area contributed by atoms with Gasteiger partial charge in [0.1, 0.15) is 0 Å². The number of aliphatic hydroxyl groups excluding tert-OH is 1. The fourth-order valence-electron chi connectivity index (χ4n) is 2.39. The van der Waals surface area contributed by atoms with Crippen molar-refractivity contribution in [2.45, 2.75) is 32.9 Å². The minimum atomic E-state index is -0.383. The Hall–Kier alpha value is -1.16. The van der Waals surface area contributed by atoms with Crippen molar-refractivity contribution in [2.75, 3.05) is 11.4 Å². The van der Waals surface area contributed by atoms with E-state index in [-0.39, 0.29) is 12.4 Å². The number of hydrogen-bond acceptors (Lipinski definition) is 3. The van der Waals surface area contributed by atoms with Crippen molar-refractivity contribution >= 4 is 5.82 Å². The van der Waals surface area contributed by atoms with E-state index < -0.39 is 0 Å². The first-order valence-electron chi connectivity index (χ1n) is 5.64. The van der Waals surface area contributed by atoms with Gasteiger partial charge in [-0.1, -0.05) is 6.92 Å². The van der Waals surface area contributed by atoms with Crippen LogP contribution in [0.4, 0.5) is 10.2 Å². The molecule has 2 heterocycles. The second-order valence-electron chi connectivity index (χ2n) is 4.61. The first-order valence-corrected chi connectivity index (χ1v) is 5.64. The molecule has 0 spiro atoms. The Kier molecular flexibility index (Phi) is 3.10. The molecule has 1 aromatic heterocycles. The maximum absolute atomic E-state index is 14.0. The van der Waals surface area contributed by atoms with Crippen molar-refractivity contribution < 1.29 is 9.50 Å². The van der Waals surface area contributed by atoms with Crippen LogP contribution in [-0.4, -0.2) is 22.7 Å². The highest BCUT2D eigenvalue weighted by Crippen LogP contribution is 2.29. The number of rotatable bonds is 2. The summed E-state index contributed by atoms with van der Waals surface area (Å²) in [5.41, 5.74) is 0.316. The van der Waals surface area contributed by atoms with Crippen molar-refractivity contribution in [3.05, 3.63) is 23.6 Å². The molecule has 2 atom stereocenters. The monoisotopic (exact) mass is 224 g/mol. The average Bonchev–Trinajstić information content (AvgIpc) is 2.58. The lowest BCUT2D eigenvalue weighted by Gasteiger charge is -2.23. The summed E-state index contributed by atoms with van der Waals surface area (Å²) in [5.74, 6) is 0.559. The fourth-order valence-corrected chi connectivity index (χ4v) is 2.39. The molecule has 0 aromatic carbocycles. The highest BCUT2D eigenvalue weighted by Gasteiger charge is 2.29. The third kappa shape index (κ3) is 1.89. The Morgan fingerprint density at radius 2 is 2.31 bits per heavy atom. The van der Waals surface area contributed by atoms with Crippen LogP contribution < -0.4 is 4.90 Å². The van der Waals surface area contributed by atoms with E-state index in [1.54, 1.807) is 6.20 Å². The summed E-state index contributed by atoms with van der Waals surface area (Å²) in [7, 11) is 0. The first-order chi connectivity index (χ1) is 7.63. The third-order valence-corrected chi connectivity index (χ3v) is 3.18. The number of hydrogen-bond donors (Lipinski definition) is 1. The van der Waals surface area contributed by atoms with Crippen LogP contribution in [0.25, 0.3) is 0 Å². The van der Waals surface area contributed by atoms with Gasteiger partial charge in [0.05, 0.1) is 6.61 Å². The van der Waals surface area contributed by atoms with Gasteiger partial charge in [-0.25, -0.2) is 9.37 Å². The molecule has 4 heteroatoms. The number of pyridine rings is 1. The van der Waals surface area contributed by atoms with Gasteiger partial charge in [0.25, 0.3) is 0 Å².